The second kappa shape index (κ2) is 6.78. The van der Waals surface area contributed by atoms with Crippen LogP contribution in [0.2, 0.25) is 0 Å². The molecule has 120 valence electrons. The van der Waals surface area contributed by atoms with E-state index in [1.807, 2.05) is 19.1 Å². The molecule has 0 aliphatic carbocycles. The van der Waals surface area contributed by atoms with Gasteiger partial charge in [-0.05, 0) is 36.8 Å². The molecule has 7 heteroatoms. The van der Waals surface area contributed by atoms with E-state index in [2.05, 4.69) is 21.2 Å². The van der Waals surface area contributed by atoms with Crippen molar-refractivity contribution in [2.45, 2.75) is 6.92 Å². The van der Waals surface area contributed by atoms with Crippen molar-refractivity contribution in [3.63, 3.8) is 0 Å². The van der Waals surface area contributed by atoms with Gasteiger partial charge in [-0.3, -0.25) is 14.9 Å². The summed E-state index contributed by atoms with van der Waals surface area (Å²) in [6, 6.07) is 9.74. The molecular formula is C16H16BrN3O3. The molecule has 0 aromatic heterocycles. The van der Waals surface area contributed by atoms with E-state index in [0.717, 1.165) is 10.0 Å². The average Bonchev–Trinajstić information content (AvgIpc) is 2.49. The van der Waals surface area contributed by atoms with Crippen LogP contribution >= 0.6 is 15.9 Å². The number of hydrogen-bond donors (Lipinski definition) is 1. The molecular weight excluding hydrogens is 362 g/mol. The van der Waals surface area contributed by atoms with Crippen molar-refractivity contribution in [2.75, 3.05) is 24.3 Å². The highest BCUT2D eigenvalue weighted by atomic mass is 79.9. The second-order valence-corrected chi connectivity index (χ2v) is 6.18. The molecule has 0 atom stereocenters. The first-order valence-electron chi connectivity index (χ1n) is 6.83. The molecule has 0 saturated carbocycles. The summed E-state index contributed by atoms with van der Waals surface area (Å²) < 4.78 is 0.914. The molecule has 2 rings (SSSR count). The highest BCUT2D eigenvalue weighted by Gasteiger charge is 2.18. The first-order chi connectivity index (χ1) is 10.8. The van der Waals surface area contributed by atoms with Gasteiger partial charge in [0.1, 0.15) is 0 Å². The smallest absolute Gasteiger partial charge is 0.270 e. The highest BCUT2D eigenvalue weighted by Crippen LogP contribution is 2.26. The number of carbonyl (C=O) groups excluding carboxylic acids is 1. The number of amides is 1. The van der Waals surface area contributed by atoms with E-state index < -0.39 is 4.92 Å². The summed E-state index contributed by atoms with van der Waals surface area (Å²) in [5, 5.41) is 13.8. The Balaban J connectivity index is 2.40. The molecule has 23 heavy (non-hydrogen) atoms. The maximum atomic E-state index is 12.6. The lowest BCUT2D eigenvalue weighted by Crippen LogP contribution is -2.19. The largest absolute Gasteiger partial charge is 0.377 e. The lowest BCUT2D eigenvalue weighted by Gasteiger charge is -2.17. The van der Waals surface area contributed by atoms with Crippen LogP contribution in [0.25, 0.3) is 0 Å². The predicted octanol–water partition coefficient (Wildman–Crippen LogP) is 3.98. The van der Waals surface area contributed by atoms with Crippen molar-refractivity contribution >= 4 is 38.9 Å². The maximum Gasteiger partial charge on any atom is 0.270 e. The molecule has 6 nitrogen and oxygen atoms in total. The van der Waals surface area contributed by atoms with Crippen LogP contribution in [-0.4, -0.2) is 24.9 Å². The number of halogens is 1. The van der Waals surface area contributed by atoms with Gasteiger partial charge in [-0.1, -0.05) is 15.9 Å². The van der Waals surface area contributed by atoms with Crippen molar-refractivity contribution in [1.82, 2.24) is 0 Å². The van der Waals surface area contributed by atoms with Gasteiger partial charge in [0.25, 0.3) is 11.6 Å². The highest BCUT2D eigenvalue weighted by molar-refractivity contribution is 9.10. The summed E-state index contributed by atoms with van der Waals surface area (Å²) in [5.74, 6) is -0.386. The molecule has 1 amide bonds. The van der Waals surface area contributed by atoms with E-state index >= 15 is 0 Å². The van der Waals surface area contributed by atoms with Crippen LogP contribution in [0, 0.1) is 17.0 Å². The molecule has 2 aromatic carbocycles. The number of nitro groups is 1. The lowest BCUT2D eigenvalue weighted by molar-refractivity contribution is -0.384. The van der Waals surface area contributed by atoms with Crippen LogP contribution in [0.3, 0.4) is 0 Å². The average molecular weight is 378 g/mol. The SMILES string of the molecule is Cc1cc(Br)ccc1NC(=O)c1cc([N+](=O)[O-])ccc1N(C)C. The summed E-state index contributed by atoms with van der Waals surface area (Å²) in [5.41, 5.74) is 2.31. The Bertz CT molecular complexity index is 775. The Morgan fingerprint density at radius 3 is 2.48 bits per heavy atom. The Kier molecular flexibility index (Phi) is 5.00. The molecule has 0 aliphatic heterocycles. The number of benzene rings is 2. The maximum absolute atomic E-state index is 12.6. The van der Waals surface area contributed by atoms with Crippen molar-refractivity contribution in [2.24, 2.45) is 0 Å². The number of nitro benzene ring substituents is 1. The molecule has 0 bridgehead atoms. The minimum atomic E-state index is -0.513. The number of non-ortho nitro benzene ring substituents is 1. The normalized spacial score (nSPS) is 10.3. The zero-order valence-corrected chi connectivity index (χ0v) is 14.5. The summed E-state index contributed by atoms with van der Waals surface area (Å²) in [6.07, 6.45) is 0. The number of carbonyl (C=O) groups is 1. The monoisotopic (exact) mass is 377 g/mol. The Morgan fingerprint density at radius 2 is 1.91 bits per heavy atom. The van der Waals surface area contributed by atoms with Gasteiger partial charge in [0, 0.05) is 42.1 Å². The standard InChI is InChI=1S/C16H16BrN3O3/c1-10-8-11(17)4-6-14(10)18-16(21)13-9-12(20(22)23)5-7-15(13)19(2)3/h4-9H,1-3H3,(H,18,21). The van der Waals surface area contributed by atoms with Crippen LogP contribution in [0.4, 0.5) is 17.1 Å². The Labute approximate surface area is 142 Å². The van der Waals surface area contributed by atoms with Crippen LogP contribution in [-0.2, 0) is 0 Å². The topological polar surface area (TPSA) is 75.5 Å². The van der Waals surface area contributed by atoms with Gasteiger partial charge >= 0.3 is 0 Å². The second-order valence-electron chi connectivity index (χ2n) is 5.27. The first-order valence-corrected chi connectivity index (χ1v) is 7.62. The van der Waals surface area contributed by atoms with Gasteiger partial charge < -0.3 is 10.2 Å². The summed E-state index contributed by atoms with van der Waals surface area (Å²) >= 11 is 3.37. The van der Waals surface area contributed by atoms with Crippen molar-refractivity contribution in [1.29, 1.82) is 0 Å². The van der Waals surface area contributed by atoms with E-state index in [4.69, 9.17) is 0 Å². The molecule has 0 saturated heterocycles. The minimum Gasteiger partial charge on any atom is -0.377 e. The molecule has 1 N–H and O–H groups in total. The van der Waals surface area contributed by atoms with Crippen LogP contribution in [0.15, 0.2) is 40.9 Å². The third-order valence-corrected chi connectivity index (χ3v) is 3.85. The van der Waals surface area contributed by atoms with Crippen LogP contribution in [0.1, 0.15) is 15.9 Å². The Hall–Kier alpha value is -2.41. The number of aryl methyl sites for hydroxylation is 1. The molecule has 0 unspecified atom stereocenters. The third kappa shape index (κ3) is 3.87. The van der Waals surface area contributed by atoms with E-state index in [9.17, 15) is 14.9 Å². The predicted molar refractivity (Wildman–Crippen MR) is 94.3 cm³/mol. The van der Waals surface area contributed by atoms with Gasteiger partial charge in [-0.15, -0.1) is 0 Å². The summed E-state index contributed by atoms with van der Waals surface area (Å²) in [7, 11) is 3.56. The van der Waals surface area contributed by atoms with Crippen LogP contribution in [0.5, 0.6) is 0 Å². The number of rotatable bonds is 4. The van der Waals surface area contributed by atoms with E-state index in [1.54, 1.807) is 31.1 Å². The molecule has 2 aromatic rings. The van der Waals surface area contributed by atoms with Crippen molar-refractivity contribution in [3.8, 4) is 0 Å². The first kappa shape index (κ1) is 17.0. The molecule has 0 heterocycles. The summed E-state index contributed by atoms with van der Waals surface area (Å²) in [4.78, 5) is 24.8. The number of nitrogens with zero attached hydrogens (tertiary/aromatic N) is 2. The minimum absolute atomic E-state index is 0.117. The molecule has 0 spiro atoms. The molecule has 0 fully saturated rings. The molecule has 0 aliphatic rings. The number of nitrogens with one attached hydrogen (secondary N) is 1. The van der Waals surface area contributed by atoms with E-state index in [-0.39, 0.29) is 17.2 Å². The van der Waals surface area contributed by atoms with Crippen LogP contribution < -0.4 is 10.2 Å². The van der Waals surface area contributed by atoms with Gasteiger partial charge in [-0.2, -0.15) is 0 Å². The fraction of sp³-hybridized carbons (Fsp3) is 0.188. The molecule has 0 radical (unpaired) electrons. The van der Waals surface area contributed by atoms with E-state index in [0.29, 0.717) is 11.4 Å². The zero-order valence-electron chi connectivity index (χ0n) is 13.0. The quantitative estimate of drug-likeness (QED) is 0.645. The fourth-order valence-electron chi connectivity index (χ4n) is 2.17. The zero-order chi connectivity index (χ0) is 17.1. The number of anilines is 2. The van der Waals surface area contributed by atoms with Gasteiger partial charge in [-0.25, -0.2) is 0 Å². The Morgan fingerprint density at radius 1 is 1.22 bits per heavy atom. The van der Waals surface area contributed by atoms with Crippen molar-refractivity contribution < 1.29 is 9.72 Å². The van der Waals surface area contributed by atoms with Gasteiger partial charge in [0.2, 0.25) is 0 Å². The van der Waals surface area contributed by atoms with Gasteiger partial charge in [0.05, 0.1) is 10.5 Å². The number of hydrogen-bond acceptors (Lipinski definition) is 4. The van der Waals surface area contributed by atoms with Crippen molar-refractivity contribution in [3.05, 3.63) is 62.1 Å². The van der Waals surface area contributed by atoms with Gasteiger partial charge in [0.15, 0.2) is 0 Å². The fourth-order valence-corrected chi connectivity index (χ4v) is 2.64. The summed E-state index contributed by atoms with van der Waals surface area (Å²) in [6.45, 7) is 1.88. The lowest BCUT2D eigenvalue weighted by atomic mass is 10.1. The third-order valence-electron chi connectivity index (χ3n) is 3.35. The van der Waals surface area contributed by atoms with E-state index in [1.165, 1.54) is 12.1 Å².